The zero-order chi connectivity index (χ0) is 12.5. The first-order chi connectivity index (χ1) is 8.74. The number of nitrogens with one attached hydrogen (secondary N) is 1. The predicted molar refractivity (Wildman–Crippen MR) is 65.4 cm³/mol. The molecule has 0 radical (unpaired) electrons. The van der Waals surface area contributed by atoms with E-state index in [1.807, 2.05) is 0 Å². The molecule has 1 N–H and O–H groups in total. The van der Waals surface area contributed by atoms with Crippen molar-refractivity contribution in [3.05, 3.63) is 29.6 Å². The summed E-state index contributed by atoms with van der Waals surface area (Å²) in [5.41, 5.74) is 0.664. The molecule has 1 aromatic carbocycles. The summed E-state index contributed by atoms with van der Waals surface area (Å²) in [5, 5.41) is 0. The number of hydrogen-bond acceptors (Lipinski definition) is 2. The van der Waals surface area contributed by atoms with Gasteiger partial charge in [0.05, 0.1) is 5.52 Å². The average Bonchev–Trinajstić information content (AvgIpc) is 3.00. The van der Waals surface area contributed by atoms with Gasteiger partial charge in [-0.3, -0.25) is 0 Å². The number of nitrogens with zero attached hydrogens (tertiary/aromatic N) is 2. The molecule has 1 aliphatic rings. The largest absolute Gasteiger partial charge is 0.342 e. The maximum Gasteiger partial charge on any atom is 0.186 e. The number of likely N-dealkylation sites (tertiary alicyclic amines) is 1. The zero-order valence-electron chi connectivity index (χ0n) is 10.0. The molecular formula is C13H15F2N3. The lowest BCUT2D eigenvalue weighted by Crippen LogP contribution is -2.22. The molecule has 0 spiro atoms. The molecule has 96 valence electrons. The van der Waals surface area contributed by atoms with Gasteiger partial charge in [-0.2, -0.15) is 0 Å². The van der Waals surface area contributed by atoms with Gasteiger partial charge in [0, 0.05) is 13.0 Å². The van der Waals surface area contributed by atoms with Gasteiger partial charge in [0.15, 0.2) is 11.6 Å². The Kier molecular flexibility index (Phi) is 2.99. The molecule has 0 aliphatic carbocycles. The van der Waals surface area contributed by atoms with Gasteiger partial charge in [-0.25, -0.2) is 13.8 Å². The number of hydrogen-bond donors (Lipinski definition) is 1. The Morgan fingerprint density at radius 1 is 1.22 bits per heavy atom. The van der Waals surface area contributed by atoms with Crippen LogP contribution in [0.3, 0.4) is 0 Å². The van der Waals surface area contributed by atoms with E-state index < -0.39 is 11.6 Å². The van der Waals surface area contributed by atoms with E-state index in [0.29, 0.717) is 5.52 Å². The Morgan fingerprint density at radius 3 is 2.78 bits per heavy atom. The van der Waals surface area contributed by atoms with Crippen molar-refractivity contribution in [1.82, 2.24) is 14.9 Å². The topological polar surface area (TPSA) is 31.9 Å². The fraction of sp³-hybridized carbons (Fsp3) is 0.462. The number of halogens is 2. The van der Waals surface area contributed by atoms with Crippen LogP contribution in [0.4, 0.5) is 8.78 Å². The van der Waals surface area contributed by atoms with Crippen molar-refractivity contribution in [2.24, 2.45) is 0 Å². The second kappa shape index (κ2) is 4.65. The Balaban J connectivity index is 1.78. The Hall–Kier alpha value is -1.49. The SMILES string of the molecule is Fc1ccc2[nH]c(CCN3CCCC3)nc2c1F. The predicted octanol–water partition coefficient (Wildman–Crippen LogP) is 2.48. The molecule has 0 atom stereocenters. The number of aromatic amines is 1. The third-order valence-electron chi connectivity index (χ3n) is 3.46. The number of aromatic nitrogens is 2. The van der Waals surface area contributed by atoms with Gasteiger partial charge in [-0.1, -0.05) is 0 Å². The van der Waals surface area contributed by atoms with Crippen molar-refractivity contribution < 1.29 is 8.78 Å². The van der Waals surface area contributed by atoms with Crippen LogP contribution in [0.25, 0.3) is 11.0 Å². The minimum Gasteiger partial charge on any atom is -0.342 e. The summed E-state index contributed by atoms with van der Waals surface area (Å²) in [4.78, 5) is 9.55. The van der Waals surface area contributed by atoms with E-state index in [-0.39, 0.29) is 5.52 Å². The van der Waals surface area contributed by atoms with Crippen LogP contribution < -0.4 is 0 Å². The zero-order valence-corrected chi connectivity index (χ0v) is 10.0. The van der Waals surface area contributed by atoms with E-state index in [1.165, 1.54) is 18.9 Å². The highest BCUT2D eigenvalue weighted by atomic mass is 19.2. The van der Waals surface area contributed by atoms with Crippen LogP contribution in [-0.4, -0.2) is 34.5 Å². The van der Waals surface area contributed by atoms with Gasteiger partial charge in [-0.15, -0.1) is 0 Å². The molecule has 2 heterocycles. The van der Waals surface area contributed by atoms with Gasteiger partial charge < -0.3 is 9.88 Å². The first-order valence-electron chi connectivity index (χ1n) is 6.29. The molecular weight excluding hydrogens is 236 g/mol. The molecule has 1 fully saturated rings. The number of rotatable bonds is 3. The van der Waals surface area contributed by atoms with Gasteiger partial charge in [0.1, 0.15) is 11.3 Å². The highest BCUT2D eigenvalue weighted by Crippen LogP contribution is 2.18. The molecule has 3 nitrogen and oxygen atoms in total. The normalized spacial score (nSPS) is 16.8. The summed E-state index contributed by atoms with van der Waals surface area (Å²) in [6, 6.07) is 2.65. The first-order valence-corrected chi connectivity index (χ1v) is 6.29. The van der Waals surface area contributed by atoms with Crippen LogP contribution >= 0.6 is 0 Å². The summed E-state index contributed by atoms with van der Waals surface area (Å²) >= 11 is 0. The number of fused-ring (bicyclic) bond motifs is 1. The monoisotopic (exact) mass is 251 g/mol. The summed E-state index contributed by atoms with van der Waals surface area (Å²) in [5.74, 6) is -0.988. The van der Waals surface area contributed by atoms with Crippen LogP contribution in [0.15, 0.2) is 12.1 Å². The lowest BCUT2D eigenvalue weighted by atomic mass is 10.3. The van der Waals surface area contributed by atoms with Gasteiger partial charge in [-0.05, 0) is 38.1 Å². The second-order valence-corrected chi connectivity index (χ2v) is 4.74. The fourth-order valence-electron chi connectivity index (χ4n) is 2.46. The number of benzene rings is 1. The van der Waals surface area contributed by atoms with Gasteiger partial charge in [0.2, 0.25) is 0 Å². The van der Waals surface area contributed by atoms with E-state index >= 15 is 0 Å². The summed E-state index contributed by atoms with van der Waals surface area (Å²) in [6.45, 7) is 3.18. The molecule has 1 aliphatic heterocycles. The molecule has 0 bridgehead atoms. The Morgan fingerprint density at radius 2 is 2.00 bits per heavy atom. The maximum absolute atomic E-state index is 13.5. The smallest absolute Gasteiger partial charge is 0.186 e. The number of H-pyrrole nitrogens is 1. The van der Waals surface area contributed by atoms with E-state index in [9.17, 15) is 8.78 Å². The number of imidazole rings is 1. The molecule has 0 amide bonds. The molecule has 1 aromatic heterocycles. The highest BCUT2D eigenvalue weighted by Gasteiger charge is 2.14. The second-order valence-electron chi connectivity index (χ2n) is 4.74. The van der Waals surface area contributed by atoms with Crippen molar-refractivity contribution in [1.29, 1.82) is 0 Å². The summed E-state index contributed by atoms with van der Waals surface area (Å²) in [7, 11) is 0. The molecule has 0 unspecified atom stereocenters. The third-order valence-corrected chi connectivity index (χ3v) is 3.46. The van der Waals surface area contributed by atoms with E-state index in [0.717, 1.165) is 37.9 Å². The molecule has 1 saturated heterocycles. The summed E-state index contributed by atoms with van der Waals surface area (Å²) < 4.78 is 26.5. The van der Waals surface area contributed by atoms with Gasteiger partial charge in [0.25, 0.3) is 0 Å². The Bertz CT molecular complexity index is 559. The lowest BCUT2D eigenvalue weighted by molar-refractivity contribution is 0.341. The molecule has 18 heavy (non-hydrogen) atoms. The highest BCUT2D eigenvalue weighted by molar-refractivity contribution is 5.75. The van der Waals surface area contributed by atoms with Crippen molar-refractivity contribution in [3.63, 3.8) is 0 Å². The minimum atomic E-state index is -0.865. The van der Waals surface area contributed by atoms with E-state index in [2.05, 4.69) is 14.9 Å². The molecule has 3 rings (SSSR count). The quantitative estimate of drug-likeness (QED) is 0.908. The summed E-state index contributed by atoms with van der Waals surface area (Å²) in [6.07, 6.45) is 3.25. The maximum atomic E-state index is 13.5. The van der Waals surface area contributed by atoms with E-state index in [4.69, 9.17) is 0 Å². The van der Waals surface area contributed by atoms with Crippen LogP contribution in [0.5, 0.6) is 0 Å². The Labute approximate surface area is 104 Å². The standard InChI is InChI=1S/C13H15F2N3/c14-9-3-4-10-13(12(9)15)17-11(16-10)5-8-18-6-1-2-7-18/h3-4H,1-2,5-8H2,(H,16,17). The fourth-order valence-corrected chi connectivity index (χ4v) is 2.46. The first kappa shape index (κ1) is 11.6. The molecule has 5 heteroatoms. The van der Waals surface area contributed by atoms with Crippen molar-refractivity contribution >= 4 is 11.0 Å². The van der Waals surface area contributed by atoms with E-state index in [1.54, 1.807) is 0 Å². The molecule has 0 saturated carbocycles. The van der Waals surface area contributed by atoms with Crippen LogP contribution in [0.2, 0.25) is 0 Å². The average molecular weight is 251 g/mol. The third kappa shape index (κ3) is 2.10. The lowest BCUT2D eigenvalue weighted by Gasteiger charge is -2.12. The molecule has 2 aromatic rings. The van der Waals surface area contributed by atoms with Crippen LogP contribution in [-0.2, 0) is 6.42 Å². The van der Waals surface area contributed by atoms with Gasteiger partial charge >= 0.3 is 0 Å². The van der Waals surface area contributed by atoms with Crippen LogP contribution in [0, 0.1) is 11.6 Å². The van der Waals surface area contributed by atoms with Crippen LogP contribution in [0.1, 0.15) is 18.7 Å². The van der Waals surface area contributed by atoms with Crippen molar-refractivity contribution in [2.75, 3.05) is 19.6 Å². The minimum absolute atomic E-state index is 0.103. The van der Waals surface area contributed by atoms with Crippen molar-refractivity contribution in [3.8, 4) is 0 Å². The van der Waals surface area contributed by atoms with Crippen molar-refractivity contribution in [2.45, 2.75) is 19.3 Å².